The number of imidazole rings is 1. The first-order chi connectivity index (χ1) is 17.4. The van der Waals surface area contributed by atoms with Crippen molar-refractivity contribution in [3.05, 3.63) is 59.4 Å². The number of nitrogens with zero attached hydrogens (tertiary/aromatic N) is 6. The minimum Gasteiger partial charge on any atom is -0.497 e. The summed E-state index contributed by atoms with van der Waals surface area (Å²) in [6, 6.07) is 6.59. The lowest BCUT2D eigenvalue weighted by Crippen LogP contribution is -2.20. The Bertz CT molecular complexity index is 1300. The van der Waals surface area contributed by atoms with Gasteiger partial charge in [0.15, 0.2) is 17.4 Å². The molecule has 0 spiro atoms. The first-order valence-electron chi connectivity index (χ1n) is 11.2. The van der Waals surface area contributed by atoms with E-state index in [1.165, 1.54) is 20.3 Å². The number of anilines is 2. The number of aryl methyl sites for hydroxylation is 1. The van der Waals surface area contributed by atoms with Crippen LogP contribution in [0.1, 0.15) is 24.7 Å². The van der Waals surface area contributed by atoms with Crippen molar-refractivity contribution in [1.82, 2.24) is 15.0 Å². The number of aromatic amines is 1. The Hall–Kier alpha value is -4.34. The van der Waals surface area contributed by atoms with E-state index >= 15 is 4.39 Å². The highest BCUT2D eigenvalue weighted by Gasteiger charge is 2.23. The quantitative estimate of drug-likeness (QED) is 0.348. The summed E-state index contributed by atoms with van der Waals surface area (Å²) < 4.78 is 26.1. The number of rotatable bonds is 11. The number of methoxy groups -OCH3 is 2. The molecule has 0 saturated heterocycles. The molecule has 9 nitrogen and oxygen atoms in total. The van der Waals surface area contributed by atoms with E-state index in [2.05, 4.69) is 36.6 Å². The van der Waals surface area contributed by atoms with Gasteiger partial charge in [0.25, 0.3) is 0 Å². The molecule has 0 bridgehead atoms. The van der Waals surface area contributed by atoms with E-state index in [4.69, 9.17) is 9.47 Å². The number of allylic oxidation sites excluding steroid dienone is 2. The number of aromatic nitrogens is 3. The molecule has 2 heterocycles. The Labute approximate surface area is 210 Å². The van der Waals surface area contributed by atoms with E-state index in [0.29, 0.717) is 29.5 Å². The molecule has 0 aliphatic rings. The standard InChI is InChI=1S/C26H30FN7O2/c1-7-18(14-28-3)10-11-30-20-8-9-24(33-26(20)29-4)34(15-21-17(2)31-16-32-21)22-12-19(35-5)13-23(36-6)25(22)27/h7-9,11-14,16H,4,10,15H2,1-3,5-6H3,(H,31,32)/b18-7-,28-14-,30-11-. The molecule has 3 aromatic rings. The Morgan fingerprint density at radius 3 is 2.67 bits per heavy atom. The molecule has 0 radical (unpaired) electrons. The molecule has 0 unspecified atom stereocenters. The van der Waals surface area contributed by atoms with Crippen LogP contribution in [0.25, 0.3) is 0 Å². The second-order valence-corrected chi connectivity index (χ2v) is 7.66. The van der Waals surface area contributed by atoms with Gasteiger partial charge in [-0.2, -0.15) is 0 Å². The van der Waals surface area contributed by atoms with Gasteiger partial charge in [-0.25, -0.2) is 19.4 Å². The molecule has 3 rings (SSSR count). The molecular weight excluding hydrogens is 461 g/mol. The average Bonchev–Trinajstić information content (AvgIpc) is 3.31. The fourth-order valence-corrected chi connectivity index (χ4v) is 3.47. The molecule has 1 N–H and O–H groups in total. The predicted molar refractivity (Wildman–Crippen MR) is 143 cm³/mol. The summed E-state index contributed by atoms with van der Waals surface area (Å²) in [5, 5.41) is 0. The highest BCUT2D eigenvalue weighted by atomic mass is 19.1. The third kappa shape index (κ3) is 6.01. The smallest absolute Gasteiger partial charge is 0.188 e. The molecule has 0 aliphatic carbocycles. The Balaban J connectivity index is 2.07. The number of pyridine rings is 1. The van der Waals surface area contributed by atoms with Crippen molar-refractivity contribution in [2.45, 2.75) is 26.8 Å². The number of ether oxygens (including phenoxy) is 2. The van der Waals surface area contributed by atoms with Crippen LogP contribution in [0, 0.1) is 12.7 Å². The lowest BCUT2D eigenvalue weighted by Gasteiger charge is -2.25. The predicted octanol–water partition coefficient (Wildman–Crippen LogP) is 5.68. The summed E-state index contributed by atoms with van der Waals surface area (Å²) in [6.45, 7) is 7.72. The molecule has 2 aromatic heterocycles. The van der Waals surface area contributed by atoms with Gasteiger partial charge in [0, 0.05) is 43.7 Å². The first-order valence-corrected chi connectivity index (χ1v) is 11.2. The normalized spacial score (nSPS) is 11.9. The molecule has 0 amide bonds. The third-order valence-corrected chi connectivity index (χ3v) is 5.47. The third-order valence-electron chi connectivity index (χ3n) is 5.47. The van der Waals surface area contributed by atoms with Crippen molar-refractivity contribution >= 4 is 42.2 Å². The zero-order valence-corrected chi connectivity index (χ0v) is 21.1. The Morgan fingerprint density at radius 1 is 1.25 bits per heavy atom. The zero-order chi connectivity index (χ0) is 26.1. The van der Waals surface area contributed by atoms with Crippen LogP contribution < -0.4 is 14.4 Å². The summed E-state index contributed by atoms with van der Waals surface area (Å²) in [5.41, 5.74) is 3.36. The maximum absolute atomic E-state index is 15.5. The van der Waals surface area contributed by atoms with Gasteiger partial charge in [0.2, 0.25) is 0 Å². The van der Waals surface area contributed by atoms with Crippen LogP contribution in [0.2, 0.25) is 0 Å². The number of aliphatic imine (C=N–C) groups is 3. The molecule has 0 fully saturated rings. The summed E-state index contributed by atoms with van der Waals surface area (Å²) in [5.74, 6) is 0.673. The van der Waals surface area contributed by atoms with E-state index in [1.807, 2.05) is 19.9 Å². The minimum atomic E-state index is -0.556. The zero-order valence-electron chi connectivity index (χ0n) is 21.1. The van der Waals surface area contributed by atoms with E-state index in [0.717, 1.165) is 17.0 Å². The van der Waals surface area contributed by atoms with Crippen LogP contribution in [0.15, 0.2) is 57.2 Å². The molecule has 36 heavy (non-hydrogen) atoms. The Morgan fingerprint density at radius 2 is 2.06 bits per heavy atom. The molecular formula is C26H30FN7O2. The van der Waals surface area contributed by atoms with Crippen LogP contribution in [-0.4, -0.2) is 55.4 Å². The van der Waals surface area contributed by atoms with Crippen LogP contribution in [0.3, 0.4) is 0 Å². The van der Waals surface area contributed by atoms with Crippen molar-refractivity contribution in [1.29, 1.82) is 0 Å². The van der Waals surface area contributed by atoms with Gasteiger partial charge in [0.1, 0.15) is 17.3 Å². The fraction of sp³-hybridized carbons (Fsp3) is 0.269. The summed E-state index contributed by atoms with van der Waals surface area (Å²) in [7, 11) is 4.63. The van der Waals surface area contributed by atoms with Gasteiger partial charge in [-0.15, -0.1) is 0 Å². The molecule has 0 saturated carbocycles. The summed E-state index contributed by atoms with van der Waals surface area (Å²) >= 11 is 0. The SMILES string of the molecule is C=Nc1nc(N(Cc2nc[nH]c2C)c2cc(OC)cc(OC)c2F)ccc1/N=C\CC(/C=N\C)=C/C. The Kier molecular flexibility index (Phi) is 9.04. The van der Waals surface area contributed by atoms with Crippen LogP contribution >= 0.6 is 0 Å². The van der Waals surface area contributed by atoms with Gasteiger partial charge < -0.3 is 19.4 Å². The van der Waals surface area contributed by atoms with Crippen LogP contribution in [-0.2, 0) is 6.54 Å². The monoisotopic (exact) mass is 491 g/mol. The first kappa shape index (κ1) is 26.3. The maximum atomic E-state index is 15.5. The number of hydrogen-bond donors (Lipinski definition) is 1. The van der Waals surface area contributed by atoms with Gasteiger partial charge in [-0.3, -0.25) is 9.98 Å². The van der Waals surface area contributed by atoms with E-state index in [1.54, 1.807) is 48.9 Å². The average molecular weight is 492 g/mol. The van der Waals surface area contributed by atoms with Gasteiger partial charge in [0.05, 0.1) is 38.5 Å². The number of hydrogen-bond acceptors (Lipinski definition) is 8. The summed E-state index contributed by atoms with van der Waals surface area (Å²) in [4.78, 5) is 26.4. The van der Waals surface area contributed by atoms with Crippen molar-refractivity contribution in [2.24, 2.45) is 15.0 Å². The second-order valence-electron chi connectivity index (χ2n) is 7.66. The maximum Gasteiger partial charge on any atom is 0.188 e. The highest BCUT2D eigenvalue weighted by molar-refractivity contribution is 5.85. The van der Waals surface area contributed by atoms with E-state index < -0.39 is 5.82 Å². The topological polar surface area (TPSA) is 100 Å². The van der Waals surface area contributed by atoms with Crippen molar-refractivity contribution in [3.63, 3.8) is 0 Å². The molecule has 10 heteroatoms. The highest BCUT2D eigenvalue weighted by Crippen LogP contribution is 2.38. The lowest BCUT2D eigenvalue weighted by atomic mass is 10.2. The molecule has 188 valence electrons. The van der Waals surface area contributed by atoms with Gasteiger partial charge in [-0.1, -0.05) is 6.08 Å². The van der Waals surface area contributed by atoms with Crippen molar-refractivity contribution in [2.75, 3.05) is 26.2 Å². The van der Waals surface area contributed by atoms with Crippen molar-refractivity contribution in [3.8, 4) is 11.5 Å². The second kappa shape index (κ2) is 12.4. The number of H-pyrrole nitrogens is 1. The van der Waals surface area contributed by atoms with Crippen LogP contribution in [0.4, 0.5) is 27.4 Å². The molecule has 1 aromatic carbocycles. The number of nitrogens with one attached hydrogen (secondary N) is 1. The minimum absolute atomic E-state index is 0.0480. The fourth-order valence-electron chi connectivity index (χ4n) is 3.47. The number of benzene rings is 1. The van der Waals surface area contributed by atoms with Gasteiger partial charge in [-0.05, 0) is 38.3 Å². The van der Waals surface area contributed by atoms with Gasteiger partial charge >= 0.3 is 0 Å². The largest absolute Gasteiger partial charge is 0.497 e. The van der Waals surface area contributed by atoms with Crippen LogP contribution in [0.5, 0.6) is 11.5 Å². The van der Waals surface area contributed by atoms with E-state index in [-0.39, 0.29) is 18.0 Å². The molecule has 0 atom stereocenters. The van der Waals surface area contributed by atoms with E-state index in [9.17, 15) is 0 Å². The molecule has 0 aliphatic heterocycles. The lowest BCUT2D eigenvalue weighted by molar-refractivity contribution is 0.374. The number of halogens is 1. The summed E-state index contributed by atoms with van der Waals surface area (Å²) in [6.07, 6.45) is 7.71. The van der Waals surface area contributed by atoms with Crippen molar-refractivity contribution < 1.29 is 13.9 Å².